The largest absolute Gasteiger partial charge is 0.573 e. The number of anilines is 1. The number of para-hydroxylation sites is 1. The first-order valence-corrected chi connectivity index (χ1v) is 7.54. The molecule has 0 amide bonds. The number of rotatable bonds is 5. The number of aromatic nitrogens is 1. The molecule has 3 nitrogen and oxygen atoms in total. The first-order chi connectivity index (χ1) is 11.9. The number of pyridine rings is 1. The minimum atomic E-state index is -4.69. The van der Waals surface area contributed by atoms with Crippen molar-refractivity contribution in [1.82, 2.24) is 4.98 Å². The van der Waals surface area contributed by atoms with Crippen LogP contribution in [0.3, 0.4) is 0 Å². The van der Waals surface area contributed by atoms with Crippen LogP contribution in [-0.2, 0) is 6.42 Å². The zero-order valence-electron chi connectivity index (χ0n) is 13.0. The summed E-state index contributed by atoms with van der Waals surface area (Å²) in [6, 6.07) is 12.2. The summed E-state index contributed by atoms with van der Waals surface area (Å²) in [5, 5.41) is 3.88. The van der Waals surface area contributed by atoms with Gasteiger partial charge in [0.15, 0.2) is 0 Å². The van der Waals surface area contributed by atoms with Crippen molar-refractivity contribution in [2.45, 2.75) is 12.8 Å². The van der Waals surface area contributed by atoms with Crippen LogP contribution in [0.1, 0.15) is 5.56 Å². The Labute approximate surface area is 141 Å². The van der Waals surface area contributed by atoms with Gasteiger partial charge in [-0.15, -0.1) is 13.2 Å². The summed E-state index contributed by atoms with van der Waals surface area (Å²) in [6.45, 7) is 0.537. The maximum atomic E-state index is 13.7. The van der Waals surface area contributed by atoms with E-state index in [0.717, 1.165) is 11.3 Å². The molecule has 3 rings (SSSR count). The molecule has 0 saturated carbocycles. The molecule has 130 valence electrons. The quantitative estimate of drug-likeness (QED) is 0.663. The zero-order valence-corrected chi connectivity index (χ0v) is 13.0. The van der Waals surface area contributed by atoms with Gasteiger partial charge in [-0.2, -0.15) is 0 Å². The number of nitrogens with zero attached hydrogens (tertiary/aromatic N) is 1. The normalized spacial score (nSPS) is 11.5. The highest BCUT2D eigenvalue weighted by atomic mass is 19.4. The molecule has 2 aromatic carbocycles. The van der Waals surface area contributed by atoms with Gasteiger partial charge in [-0.25, -0.2) is 4.39 Å². The predicted molar refractivity (Wildman–Crippen MR) is 87.0 cm³/mol. The summed E-state index contributed by atoms with van der Waals surface area (Å²) in [7, 11) is 0. The van der Waals surface area contributed by atoms with Gasteiger partial charge in [-0.3, -0.25) is 4.98 Å². The number of halogens is 4. The molecule has 1 heterocycles. The third-order valence-corrected chi connectivity index (χ3v) is 3.61. The molecule has 0 aliphatic heterocycles. The number of hydrogen-bond donors (Lipinski definition) is 1. The molecule has 25 heavy (non-hydrogen) atoms. The molecule has 0 atom stereocenters. The van der Waals surface area contributed by atoms with Crippen molar-refractivity contribution in [3.8, 4) is 5.75 Å². The van der Waals surface area contributed by atoms with Gasteiger partial charge in [0.05, 0.1) is 0 Å². The lowest BCUT2D eigenvalue weighted by Crippen LogP contribution is -2.17. The summed E-state index contributed by atoms with van der Waals surface area (Å²) in [6.07, 6.45) is -2.58. The van der Waals surface area contributed by atoms with Gasteiger partial charge in [0.1, 0.15) is 17.1 Å². The lowest BCUT2D eigenvalue weighted by Gasteiger charge is -2.11. The summed E-state index contributed by atoms with van der Waals surface area (Å²) in [5.74, 6) is -0.638. The third-order valence-electron chi connectivity index (χ3n) is 3.61. The Morgan fingerprint density at radius 3 is 2.48 bits per heavy atom. The number of fused-ring (bicyclic) bond motifs is 1. The topological polar surface area (TPSA) is 34.1 Å². The van der Waals surface area contributed by atoms with Gasteiger partial charge in [0.25, 0.3) is 0 Å². The van der Waals surface area contributed by atoms with Crippen molar-refractivity contribution in [2.75, 3.05) is 11.9 Å². The van der Waals surface area contributed by atoms with Crippen molar-refractivity contribution >= 4 is 16.6 Å². The molecule has 1 N–H and O–H groups in total. The van der Waals surface area contributed by atoms with Crippen LogP contribution < -0.4 is 10.1 Å². The standard InChI is InChI=1S/C18H14F4N2O/c19-15-3-1-2-14-16(9-11-24-17(14)15)23-10-8-12-4-6-13(7-5-12)25-18(20,21)22/h1-7,9,11H,8,10H2,(H,23,24). The zero-order chi connectivity index (χ0) is 17.9. The molecule has 1 aromatic heterocycles. The van der Waals surface area contributed by atoms with Gasteiger partial charge < -0.3 is 10.1 Å². The molecule has 0 fully saturated rings. The molecule has 0 aliphatic rings. The Hall–Kier alpha value is -2.83. The smallest absolute Gasteiger partial charge is 0.406 e. The number of nitrogens with one attached hydrogen (secondary N) is 1. The first-order valence-electron chi connectivity index (χ1n) is 7.54. The third kappa shape index (κ3) is 4.37. The van der Waals surface area contributed by atoms with Gasteiger partial charge in [0, 0.05) is 23.8 Å². The predicted octanol–water partition coefficient (Wildman–Crippen LogP) is 4.93. The van der Waals surface area contributed by atoms with Crippen molar-refractivity contribution in [1.29, 1.82) is 0 Å². The van der Waals surface area contributed by atoms with E-state index in [2.05, 4.69) is 15.0 Å². The van der Waals surface area contributed by atoms with Crippen molar-refractivity contribution in [2.24, 2.45) is 0 Å². The van der Waals surface area contributed by atoms with E-state index in [9.17, 15) is 17.6 Å². The highest BCUT2D eigenvalue weighted by molar-refractivity contribution is 5.91. The van der Waals surface area contributed by atoms with Crippen LogP contribution in [0.15, 0.2) is 54.7 Å². The number of hydrogen-bond acceptors (Lipinski definition) is 3. The van der Waals surface area contributed by atoms with E-state index in [1.807, 2.05) is 0 Å². The van der Waals surface area contributed by atoms with Gasteiger partial charge in [-0.1, -0.05) is 24.3 Å². The van der Waals surface area contributed by atoms with Crippen molar-refractivity contribution in [3.05, 3.63) is 66.1 Å². The van der Waals surface area contributed by atoms with E-state index in [4.69, 9.17) is 0 Å². The van der Waals surface area contributed by atoms with Crippen LogP contribution in [0, 0.1) is 5.82 Å². The van der Waals surface area contributed by atoms with Gasteiger partial charge in [-0.05, 0) is 36.2 Å². The van der Waals surface area contributed by atoms with E-state index < -0.39 is 6.36 Å². The lowest BCUT2D eigenvalue weighted by atomic mass is 10.1. The molecule has 0 spiro atoms. The molecule has 0 bridgehead atoms. The number of ether oxygens (including phenoxy) is 1. The van der Waals surface area contributed by atoms with E-state index in [-0.39, 0.29) is 11.6 Å². The van der Waals surface area contributed by atoms with Crippen LogP contribution in [0.2, 0.25) is 0 Å². The molecule has 0 saturated heterocycles. The molecule has 0 radical (unpaired) electrons. The number of alkyl halides is 3. The van der Waals surface area contributed by atoms with E-state index >= 15 is 0 Å². The maximum Gasteiger partial charge on any atom is 0.573 e. The fourth-order valence-corrected chi connectivity index (χ4v) is 2.49. The van der Waals surface area contributed by atoms with Crippen molar-refractivity contribution in [3.63, 3.8) is 0 Å². The molecule has 7 heteroatoms. The Morgan fingerprint density at radius 1 is 1.00 bits per heavy atom. The average molecular weight is 350 g/mol. The molecule has 3 aromatic rings. The van der Waals surface area contributed by atoms with Crippen LogP contribution in [-0.4, -0.2) is 17.9 Å². The van der Waals surface area contributed by atoms with Gasteiger partial charge >= 0.3 is 6.36 Å². The maximum absolute atomic E-state index is 13.7. The molecule has 0 unspecified atom stereocenters. The van der Waals surface area contributed by atoms with Crippen LogP contribution in [0.25, 0.3) is 10.9 Å². The lowest BCUT2D eigenvalue weighted by molar-refractivity contribution is -0.274. The SMILES string of the molecule is Fc1cccc2c(NCCc3ccc(OC(F)(F)F)cc3)ccnc12. The first kappa shape index (κ1) is 17.0. The van der Waals surface area contributed by atoms with E-state index in [0.29, 0.717) is 23.9 Å². The van der Waals surface area contributed by atoms with Crippen LogP contribution >= 0.6 is 0 Å². The Kier molecular flexibility index (Phi) is 4.74. The van der Waals surface area contributed by atoms with E-state index in [1.165, 1.54) is 24.4 Å². The summed E-state index contributed by atoms with van der Waals surface area (Å²) < 4.78 is 53.9. The van der Waals surface area contributed by atoms with E-state index in [1.54, 1.807) is 30.3 Å². The molecular weight excluding hydrogens is 336 g/mol. The average Bonchev–Trinajstić information content (AvgIpc) is 2.56. The Bertz CT molecular complexity index is 863. The van der Waals surface area contributed by atoms with Crippen LogP contribution in [0.4, 0.5) is 23.2 Å². The highest BCUT2D eigenvalue weighted by Gasteiger charge is 2.30. The van der Waals surface area contributed by atoms with Crippen molar-refractivity contribution < 1.29 is 22.3 Å². The molecule has 0 aliphatic carbocycles. The minimum absolute atomic E-state index is 0.250. The Morgan fingerprint density at radius 2 is 1.76 bits per heavy atom. The highest BCUT2D eigenvalue weighted by Crippen LogP contribution is 2.24. The fraction of sp³-hybridized carbons (Fsp3) is 0.167. The monoisotopic (exact) mass is 350 g/mol. The van der Waals surface area contributed by atoms with Crippen LogP contribution in [0.5, 0.6) is 5.75 Å². The second-order valence-electron chi connectivity index (χ2n) is 5.36. The molecular formula is C18H14F4N2O. The summed E-state index contributed by atoms with van der Waals surface area (Å²) in [5.41, 5.74) is 1.90. The Balaban J connectivity index is 1.63. The number of benzene rings is 2. The summed E-state index contributed by atoms with van der Waals surface area (Å²) in [4.78, 5) is 4.03. The second kappa shape index (κ2) is 6.96. The fourth-order valence-electron chi connectivity index (χ4n) is 2.49. The summed E-state index contributed by atoms with van der Waals surface area (Å²) >= 11 is 0. The van der Waals surface area contributed by atoms with Gasteiger partial charge in [0.2, 0.25) is 0 Å². The minimum Gasteiger partial charge on any atom is -0.406 e. The second-order valence-corrected chi connectivity index (χ2v) is 5.36.